The van der Waals surface area contributed by atoms with Gasteiger partial charge in [0.15, 0.2) is 0 Å². The summed E-state index contributed by atoms with van der Waals surface area (Å²) < 4.78 is 6.54. The van der Waals surface area contributed by atoms with Crippen LogP contribution in [-0.4, -0.2) is 39.2 Å². The molecule has 0 saturated carbocycles. The maximum atomic E-state index is 12.4. The van der Waals surface area contributed by atoms with Gasteiger partial charge in [0, 0.05) is 22.9 Å². The molecule has 120 valence electrons. The first-order chi connectivity index (χ1) is 11.0. The molecule has 7 heteroatoms. The third-order valence-corrected chi connectivity index (χ3v) is 4.94. The van der Waals surface area contributed by atoms with Crippen LogP contribution in [0.1, 0.15) is 25.2 Å². The molecule has 0 bridgehead atoms. The number of H-pyrrole nitrogens is 1. The average molecular weight is 378 g/mol. The number of likely N-dealkylation sites (tertiary alicyclic amines) is 1. The number of rotatable bonds is 2. The standard InChI is InChI=1S/C16H16BrN3O3/c1-8(20-5-4-10(21)7-20)15-18-13-11-6-9(17)2-3-12(11)23-14(13)16(22)19-15/h2-3,6,8,10,21H,4-5,7H2,1H3,(H,18,19,22)/t8?,10-/m0/s1. The van der Waals surface area contributed by atoms with Crippen LogP contribution >= 0.6 is 15.9 Å². The van der Waals surface area contributed by atoms with Gasteiger partial charge in [-0.2, -0.15) is 0 Å². The Kier molecular flexibility index (Phi) is 3.51. The third kappa shape index (κ3) is 2.49. The topological polar surface area (TPSA) is 82.4 Å². The Morgan fingerprint density at radius 1 is 1.52 bits per heavy atom. The molecular weight excluding hydrogens is 362 g/mol. The molecule has 23 heavy (non-hydrogen) atoms. The minimum Gasteiger partial charge on any atom is -0.449 e. The predicted octanol–water partition coefficient (Wildman–Crippen LogP) is 2.56. The Morgan fingerprint density at radius 2 is 2.35 bits per heavy atom. The number of furan rings is 1. The maximum Gasteiger partial charge on any atom is 0.294 e. The first kappa shape index (κ1) is 14.9. The van der Waals surface area contributed by atoms with E-state index in [1.807, 2.05) is 25.1 Å². The van der Waals surface area contributed by atoms with Crippen molar-refractivity contribution in [3.05, 3.63) is 38.9 Å². The van der Waals surface area contributed by atoms with E-state index in [4.69, 9.17) is 4.42 Å². The lowest BCUT2D eigenvalue weighted by Crippen LogP contribution is -2.28. The number of halogens is 1. The lowest BCUT2D eigenvalue weighted by atomic mass is 10.2. The number of aromatic nitrogens is 2. The van der Waals surface area contributed by atoms with Gasteiger partial charge >= 0.3 is 0 Å². The fourth-order valence-corrected chi connectivity index (χ4v) is 3.50. The largest absolute Gasteiger partial charge is 0.449 e. The quantitative estimate of drug-likeness (QED) is 0.716. The van der Waals surface area contributed by atoms with E-state index in [1.54, 1.807) is 0 Å². The van der Waals surface area contributed by atoms with Crippen LogP contribution in [0, 0.1) is 0 Å². The molecule has 4 rings (SSSR count). The number of aliphatic hydroxyl groups is 1. The van der Waals surface area contributed by atoms with Gasteiger partial charge in [-0.1, -0.05) is 15.9 Å². The second kappa shape index (κ2) is 5.43. The third-order valence-electron chi connectivity index (χ3n) is 4.44. The van der Waals surface area contributed by atoms with Crippen LogP contribution in [0.25, 0.3) is 22.1 Å². The molecule has 0 amide bonds. The molecule has 1 fully saturated rings. The minimum absolute atomic E-state index is 0.0682. The Morgan fingerprint density at radius 3 is 3.09 bits per heavy atom. The van der Waals surface area contributed by atoms with Gasteiger partial charge in [0.1, 0.15) is 16.9 Å². The highest BCUT2D eigenvalue weighted by molar-refractivity contribution is 9.10. The summed E-state index contributed by atoms with van der Waals surface area (Å²) in [5, 5.41) is 10.5. The smallest absolute Gasteiger partial charge is 0.294 e. The highest BCUT2D eigenvalue weighted by atomic mass is 79.9. The van der Waals surface area contributed by atoms with Crippen LogP contribution in [0.5, 0.6) is 0 Å². The van der Waals surface area contributed by atoms with Gasteiger partial charge in [-0.25, -0.2) is 4.98 Å². The normalized spacial score (nSPS) is 20.6. The van der Waals surface area contributed by atoms with E-state index in [9.17, 15) is 9.90 Å². The second-order valence-electron chi connectivity index (χ2n) is 5.98. The molecule has 1 aromatic carbocycles. The van der Waals surface area contributed by atoms with Crippen molar-refractivity contribution >= 4 is 38.0 Å². The molecule has 2 aromatic heterocycles. The Bertz CT molecular complexity index is 949. The molecule has 1 saturated heterocycles. The molecule has 2 N–H and O–H groups in total. The number of β-amino-alcohol motifs (C(OH)–C–C–N with tert-alkyl or cyclic N) is 1. The van der Waals surface area contributed by atoms with E-state index in [0.29, 0.717) is 23.5 Å². The number of benzene rings is 1. The first-order valence-electron chi connectivity index (χ1n) is 7.57. The summed E-state index contributed by atoms with van der Waals surface area (Å²) in [6, 6.07) is 5.53. The van der Waals surface area contributed by atoms with E-state index < -0.39 is 0 Å². The molecular formula is C16H16BrN3O3. The number of hydrogen-bond acceptors (Lipinski definition) is 5. The zero-order chi connectivity index (χ0) is 16.1. The Hall–Kier alpha value is -1.70. The van der Waals surface area contributed by atoms with Crippen LogP contribution < -0.4 is 5.56 Å². The van der Waals surface area contributed by atoms with Crippen molar-refractivity contribution in [2.75, 3.05) is 13.1 Å². The molecule has 3 aromatic rings. The molecule has 1 aliphatic heterocycles. The fourth-order valence-electron chi connectivity index (χ4n) is 3.13. The van der Waals surface area contributed by atoms with Crippen molar-refractivity contribution in [3.63, 3.8) is 0 Å². The minimum atomic E-state index is -0.307. The van der Waals surface area contributed by atoms with E-state index in [1.165, 1.54) is 0 Å². The van der Waals surface area contributed by atoms with Crippen molar-refractivity contribution in [2.45, 2.75) is 25.5 Å². The number of aliphatic hydroxyl groups excluding tert-OH is 1. The zero-order valence-corrected chi connectivity index (χ0v) is 14.1. The summed E-state index contributed by atoms with van der Waals surface area (Å²) in [5.41, 5.74) is 1.19. The summed E-state index contributed by atoms with van der Waals surface area (Å²) in [7, 11) is 0. The van der Waals surface area contributed by atoms with E-state index in [2.05, 4.69) is 30.8 Å². The molecule has 1 aliphatic rings. The highest BCUT2D eigenvalue weighted by Gasteiger charge is 2.27. The summed E-state index contributed by atoms with van der Waals surface area (Å²) in [6.07, 6.45) is 0.442. The Labute approximate surface area is 140 Å². The number of fused-ring (bicyclic) bond motifs is 3. The summed E-state index contributed by atoms with van der Waals surface area (Å²) in [4.78, 5) is 22.0. The number of hydrogen-bond donors (Lipinski definition) is 2. The van der Waals surface area contributed by atoms with Crippen LogP contribution in [-0.2, 0) is 0 Å². The first-order valence-corrected chi connectivity index (χ1v) is 8.36. The van der Waals surface area contributed by atoms with Gasteiger partial charge in [-0.3, -0.25) is 9.69 Å². The van der Waals surface area contributed by atoms with E-state index in [-0.39, 0.29) is 23.3 Å². The van der Waals surface area contributed by atoms with Crippen molar-refractivity contribution < 1.29 is 9.52 Å². The van der Waals surface area contributed by atoms with Gasteiger partial charge in [-0.05, 0) is 31.5 Å². The fraction of sp³-hybridized carbons (Fsp3) is 0.375. The summed E-state index contributed by atoms with van der Waals surface area (Å²) in [5.74, 6) is 0.597. The van der Waals surface area contributed by atoms with Gasteiger partial charge in [0.25, 0.3) is 5.56 Å². The van der Waals surface area contributed by atoms with Crippen molar-refractivity contribution in [2.24, 2.45) is 0 Å². The van der Waals surface area contributed by atoms with Crippen molar-refractivity contribution in [1.29, 1.82) is 0 Å². The van der Waals surface area contributed by atoms with Gasteiger partial charge in [0.2, 0.25) is 5.58 Å². The van der Waals surface area contributed by atoms with Gasteiger partial charge in [0.05, 0.1) is 12.1 Å². The van der Waals surface area contributed by atoms with Crippen LogP contribution in [0.15, 0.2) is 31.9 Å². The van der Waals surface area contributed by atoms with Crippen LogP contribution in [0.2, 0.25) is 0 Å². The number of nitrogens with zero attached hydrogens (tertiary/aromatic N) is 2. The highest BCUT2D eigenvalue weighted by Crippen LogP contribution is 2.29. The molecule has 2 atom stereocenters. The van der Waals surface area contributed by atoms with Gasteiger partial charge < -0.3 is 14.5 Å². The lowest BCUT2D eigenvalue weighted by molar-refractivity contribution is 0.161. The second-order valence-corrected chi connectivity index (χ2v) is 6.90. The monoisotopic (exact) mass is 377 g/mol. The molecule has 6 nitrogen and oxygen atoms in total. The van der Waals surface area contributed by atoms with Crippen molar-refractivity contribution in [3.8, 4) is 0 Å². The predicted molar refractivity (Wildman–Crippen MR) is 90.4 cm³/mol. The molecule has 1 unspecified atom stereocenters. The summed E-state index contributed by atoms with van der Waals surface area (Å²) in [6.45, 7) is 3.38. The van der Waals surface area contributed by atoms with Crippen molar-refractivity contribution in [1.82, 2.24) is 14.9 Å². The Balaban J connectivity index is 1.86. The van der Waals surface area contributed by atoms with E-state index in [0.717, 1.165) is 22.8 Å². The van der Waals surface area contributed by atoms with E-state index >= 15 is 0 Å². The molecule has 0 aliphatic carbocycles. The molecule has 0 radical (unpaired) electrons. The average Bonchev–Trinajstić information content (AvgIpc) is 3.11. The van der Waals surface area contributed by atoms with Crippen LogP contribution in [0.4, 0.5) is 0 Å². The lowest BCUT2D eigenvalue weighted by Gasteiger charge is -2.22. The SMILES string of the molecule is CC(c1nc2c(oc3ccc(Br)cc32)c(=O)[nH]1)N1CC[C@H](O)C1. The molecule has 0 spiro atoms. The van der Waals surface area contributed by atoms with Gasteiger partial charge in [-0.15, -0.1) is 0 Å². The molecule has 3 heterocycles. The maximum absolute atomic E-state index is 12.4. The van der Waals surface area contributed by atoms with Crippen LogP contribution in [0.3, 0.4) is 0 Å². The number of aromatic amines is 1. The zero-order valence-electron chi connectivity index (χ0n) is 12.5. The number of nitrogens with one attached hydrogen (secondary N) is 1. The summed E-state index contributed by atoms with van der Waals surface area (Å²) >= 11 is 3.44.